The second-order valence-electron chi connectivity index (χ2n) is 7.62. The summed E-state index contributed by atoms with van der Waals surface area (Å²) in [5.41, 5.74) is 0.631. The Morgan fingerprint density at radius 1 is 1.14 bits per heavy atom. The molecule has 0 fully saturated rings. The maximum Gasteiger partial charge on any atom is 0.416 e. The van der Waals surface area contributed by atoms with Crippen LogP contribution in [-0.4, -0.2) is 37.3 Å². The van der Waals surface area contributed by atoms with E-state index >= 15 is 0 Å². The number of ether oxygens (including phenoxy) is 3. The fourth-order valence-corrected chi connectivity index (χ4v) is 3.79. The number of alkyl halides is 3. The van der Waals surface area contributed by atoms with Crippen LogP contribution in [0.3, 0.4) is 0 Å². The van der Waals surface area contributed by atoms with Crippen LogP contribution in [0.15, 0.2) is 53.7 Å². The minimum atomic E-state index is -4.53. The van der Waals surface area contributed by atoms with Crippen LogP contribution in [0.5, 0.6) is 11.5 Å². The summed E-state index contributed by atoms with van der Waals surface area (Å²) in [6.07, 6.45) is -4.53. The highest BCUT2D eigenvalue weighted by molar-refractivity contribution is 7.80. The normalized spacial score (nSPS) is 15.5. The van der Waals surface area contributed by atoms with Crippen LogP contribution in [0.1, 0.15) is 31.0 Å². The van der Waals surface area contributed by atoms with Crippen molar-refractivity contribution in [1.82, 2.24) is 10.6 Å². The Morgan fingerprint density at radius 3 is 2.56 bits per heavy atom. The first-order valence-electron chi connectivity index (χ1n) is 10.8. The molecule has 2 aromatic rings. The smallest absolute Gasteiger partial charge is 0.416 e. The van der Waals surface area contributed by atoms with E-state index in [0.29, 0.717) is 21.9 Å². The van der Waals surface area contributed by atoms with Crippen LogP contribution in [0.25, 0.3) is 0 Å². The second-order valence-corrected chi connectivity index (χ2v) is 8.02. The lowest BCUT2D eigenvalue weighted by Gasteiger charge is -2.30. The molecule has 0 saturated heterocycles. The van der Waals surface area contributed by atoms with Gasteiger partial charge in [-0.15, -0.1) is 0 Å². The van der Waals surface area contributed by atoms with Crippen LogP contribution in [-0.2, 0) is 20.5 Å². The number of anilines is 1. The number of benzene rings is 2. The molecule has 1 amide bonds. The number of allylic oxidation sites excluding steroid dienone is 1. The topological polar surface area (TPSA) is 97.9 Å². The maximum atomic E-state index is 12.9. The molecule has 8 nitrogen and oxygen atoms in total. The quantitative estimate of drug-likeness (QED) is 0.352. The molecule has 0 spiro atoms. The van der Waals surface area contributed by atoms with Gasteiger partial charge in [0.25, 0.3) is 5.91 Å². The molecule has 1 aliphatic heterocycles. The van der Waals surface area contributed by atoms with Gasteiger partial charge in [0.15, 0.2) is 23.2 Å². The number of halogens is 3. The summed E-state index contributed by atoms with van der Waals surface area (Å²) in [4.78, 5) is 24.8. The molecule has 0 radical (unpaired) electrons. The first-order chi connectivity index (χ1) is 17.0. The third-order valence-corrected chi connectivity index (χ3v) is 5.34. The van der Waals surface area contributed by atoms with Crippen LogP contribution < -0.4 is 25.4 Å². The molecule has 0 unspecified atom stereocenters. The van der Waals surface area contributed by atoms with Crippen molar-refractivity contribution in [2.75, 3.05) is 25.6 Å². The molecular weight excluding hydrogens is 499 g/mol. The Morgan fingerprint density at radius 2 is 1.89 bits per heavy atom. The van der Waals surface area contributed by atoms with Crippen LogP contribution in [0.4, 0.5) is 18.9 Å². The minimum absolute atomic E-state index is 0.0117. The minimum Gasteiger partial charge on any atom is -0.493 e. The Labute approximate surface area is 210 Å². The Kier molecular flexibility index (Phi) is 8.41. The van der Waals surface area contributed by atoms with E-state index in [4.69, 9.17) is 26.4 Å². The van der Waals surface area contributed by atoms with Gasteiger partial charge in [0, 0.05) is 11.4 Å². The van der Waals surface area contributed by atoms with Gasteiger partial charge in [-0.25, -0.2) is 4.79 Å². The third-order valence-electron chi connectivity index (χ3n) is 5.12. The number of carbonyl (C=O) groups is 2. The number of amides is 1. The van der Waals surface area contributed by atoms with E-state index in [1.165, 1.54) is 19.2 Å². The molecule has 2 aromatic carbocycles. The molecule has 3 rings (SSSR count). The van der Waals surface area contributed by atoms with E-state index in [1.807, 2.05) is 0 Å². The molecule has 1 atom stereocenters. The Hall–Kier alpha value is -3.80. The van der Waals surface area contributed by atoms with Crippen molar-refractivity contribution in [3.63, 3.8) is 0 Å². The summed E-state index contributed by atoms with van der Waals surface area (Å²) in [6.45, 7) is 3.14. The number of nitrogens with one attached hydrogen (secondary N) is 3. The summed E-state index contributed by atoms with van der Waals surface area (Å²) >= 11 is 5.23. The zero-order valence-electron chi connectivity index (χ0n) is 19.6. The van der Waals surface area contributed by atoms with Crippen LogP contribution >= 0.6 is 12.2 Å². The van der Waals surface area contributed by atoms with Gasteiger partial charge < -0.3 is 30.2 Å². The lowest BCUT2D eigenvalue weighted by atomic mass is 9.95. The van der Waals surface area contributed by atoms with Gasteiger partial charge in [-0.3, -0.25) is 4.79 Å². The van der Waals surface area contributed by atoms with E-state index in [1.54, 1.807) is 32.0 Å². The number of hydrogen-bond acceptors (Lipinski definition) is 6. The molecule has 0 saturated carbocycles. The highest BCUT2D eigenvalue weighted by Crippen LogP contribution is 2.35. The molecule has 192 valence electrons. The van der Waals surface area contributed by atoms with Gasteiger partial charge in [0.05, 0.1) is 30.9 Å². The molecule has 1 heterocycles. The van der Waals surface area contributed by atoms with Gasteiger partial charge in [0.2, 0.25) is 0 Å². The number of carbonyl (C=O) groups excluding carboxylic acids is 2. The lowest BCUT2D eigenvalue weighted by molar-refractivity contribution is -0.139. The number of esters is 1. The fraction of sp³-hybridized carbons (Fsp3) is 0.292. The summed E-state index contributed by atoms with van der Waals surface area (Å²) in [5, 5.41) is 8.65. The van der Waals surface area contributed by atoms with Crippen molar-refractivity contribution in [1.29, 1.82) is 0 Å². The Bertz CT molecular complexity index is 1200. The highest BCUT2D eigenvalue weighted by Gasteiger charge is 2.32. The third kappa shape index (κ3) is 6.45. The number of methoxy groups -OCH3 is 1. The van der Waals surface area contributed by atoms with Gasteiger partial charge in [-0.05, 0) is 62.0 Å². The van der Waals surface area contributed by atoms with Gasteiger partial charge >= 0.3 is 12.1 Å². The summed E-state index contributed by atoms with van der Waals surface area (Å²) in [5.74, 6) is -0.677. The van der Waals surface area contributed by atoms with E-state index in [0.717, 1.165) is 12.1 Å². The fourth-order valence-electron chi connectivity index (χ4n) is 3.52. The van der Waals surface area contributed by atoms with Crippen LogP contribution in [0, 0.1) is 0 Å². The van der Waals surface area contributed by atoms with Crippen molar-refractivity contribution in [3.05, 3.63) is 64.9 Å². The SMILES string of the molecule is CCOC(=O)C1=C(C)NC(=S)N[C@H]1c1ccc(OCC(=O)Nc2cccc(C(F)(F)F)c2)c(OC)c1. The molecule has 12 heteroatoms. The summed E-state index contributed by atoms with van der Waals surface area (Å²) in [7, 11) is 1.41. The van der Waals surface area contributed by atoms with Crippen molar-refractivity contribution < 1.29 is 37.0 Å². The van der Waals surface area contributed by atoms with Crippen molar-refractivity contribution in [2.45, 2.75) is 26.1 Å². The summed E-state index contributed by atoms with van der Waals surface area (Å²) < 4.78 is 54.7. The van der Waals surface area contributed by atoms with Crippen molar-refractivity contribution in [2.24, 2.45) is 0 Å². The lowest BCUT2D eigenvalue weighted by Crippen LogP contribution is -2.45. The van der Waals surface area contributed by atoms with Crippen molar-refractivity contribution in [3.8, 4) is 11.5 Å². The van der Waals surface area contributed by atoms with Gasteiger partial charge in [0.1, 0.15) is 0 Å². The van der Waals surface area contributed by atoms with Gasteiger partial charge in [-0.1, -0.05) is 12.1 Å². The maximum absolute atomic E-state index is 12.9. The zero-order chi connectivity index (χ0) is 26.5. The highest BCUT2D eigenvalue weighted by atomic mass is 32.1. The van der Waals surface area contributed by atoms with Crippen LogP contribution in [0.2, 0.25) is 0 Å². The van der Waals surface area contributed by atoms with E-state index in [9.17, 15) is 22.8 Å². The molecule has 0 aliphatic carbocycles. The molecule has 3 N–H and O–H groups in total. The standard InChI is InChI=1S/C24H24F3N3O5S/c1-4-34-22(32)20-13(2)28-23(36)30-21(20)14-8-9-17(18(10-14)33-3)35-12-19(31)29-16-7-5-6-15(11-16)24(25,26)27/h5-11,21H,4,12H2,1-3H3,(H,29,31)(H2,28,30,36)/t21-/m0/s1. The van der Waals surface area contributed by atoms with E-state index in [2.05, 4.69) is 16.0 Å². The average Bonchev–Trinajstić information content (AvgIpc) is 2.81. The van der Waals surface area contributed by atoms with E-state index < -0.39 is 36.3 Å². The second kappa shape index (κ2) is 11.3. The van der Waals surface area contributed by atoms with Gasteiger partial charge in [-0.2, -0.15) is 13.2 Å². The molecule has 0 bridgehead atoms. The predicted octanol–water partition coefficient (Wildman–Crippen LogP) is 4.09. The van der Waals surface area contributed by atoms with Crippen molar-refractivity contribution >= 4 is 34.9 Å². The monoisotopic (exact) mass is 523 g/mol. The van der Waals surface area contributed by atoms with E-state index in [-0.39, 0.29) is 23.8 Å². The molecule has 0 aromatic heterocycles. The first kappa shape index (κ1) is 26.8. The summed E-state index contributed by atoms with van der Waals surface area (Å²) in [6, 6.07) is 8.50. The number of rotatable bonds is 8. The molecule has 1 aliphatic rings. The Balaban J connectivity index is 1.75. The molecule has 36 heavy (non-hydrogen) atoms. The predicted molar refractivity (Wildman–Crippen MR) is 130 cm³/mol. The molecular formula is C24H24F3N3O5S. The number of thiocarbonyl (C=S) groups is 1. The average molecular weight is 524 g/mol. The number of hydrogen-bond donors (Lipinski definition) is 3. The zero-order valence-corrected chi connectivity index (χ0v) is 20.4. The first-order valence-corrected chi connectivity index (χ1v) is 11.2. The largest absolute Gasteiger partial charge is 0.493 e.